The molecule has 84 valence electrons. The van der Waals surface area contributed by atoms with E-state index in [0.29, 0.717) is 13.1 Å². The summed E-state index contributed by atoms with van der Waals surface area (Å²) in [5.41, 5.74) is 0. The number of hydrogen-bond donors (Lipinski definition) is 1. The average molecular weight is 211 g/mol. The maximum atomic E-state index is 12.4. The molecule has 0 fully saturated rings. The molecule has 0 rings (SSSR count). The number of carbonyl (C=O) groups is 1. The maximum Gasteiger partial charge on any atom is 0.409 e. The molecule has 1 amide bonds. The monoisotopic (exact) mass is 211 g/mol. The fourth-order valence-electron chi connectivity index (χ4n) is 0.786. The van der Waals surface area contributed by atoms with Crippen LogP contribution in [-0.2, 0) is 4.74 Å². The minimum Gasteiger partial charge on any atom is -0.443 e. The Morgan fingerprint density at radius 1 is 1.43 bits per heavy atom. The van der Waals surface area contributed by atoms with Crippen molar-refractivity contribution < 1.29 is 23.4 Å². The van der Waals surface area contributed by atoms with Crippen molar-refractivity contribution in [2.45, 2.75) is 19.8 Å². The van der Waals surface area contributed by atoms with E-state index < -0.39 is 25.2 Å². The van der Waals surface area contributed by atoms with Crippen LogP contribution < -0.4 is 0 Å². The SMILES string of the molecule is CCN(CC)C(=O)OCC(F)(F)CO. The number of ether oxygens (including phenoxy) is 1. The normalized spacial score (nSPS) is 11.2. The van der Waals surface area contributed by atoms with E-state index in [9.17, 15) is 13.6 Å². The van der Waals surface area contributed by atoms with Gasteiger partial charge in [-0.3, -0.25) is 0 Å². The van der Waals surface area contributed by atoms with E-state index in [-0.39, 0.29) is 0 Å². The molecule has 1 N–H and O–H groups in total. The molecule has 0 bridgehead atoms. The van der Waals surface area contributed by atoms with Crippen LogP contribution in [0.4, 0.5) is 13.6 Å². The molecule has 0 aliphatic rings. The predicted octanol–water partition coefficient (Wildman–Crippen LogP) is 1.09. The molecule has 0 saturated carbocycles. The van der Waals surface area contributed by atoms with Crippen molar-refractivity contribution in [3.8, 4) is 0 Å². The van der Waals surface area contributed by atoms with Crippen LogP contribution in [0.15, 0.2) is 0 Å². The quantitative estimate of drug-likeness (QED) is 0.740. The van der Waals surface area contributed by atoms with Gasteiger partial charge in [0.15, 0.2) is 6.61 Å². The van der Waals surface area contributed by atoms with E-state index >= 15 is 0 Å². The summed E-state index contributed by atoms with van der Waals surface area (Å²) in [5, 5.41) is 8.21. The summed E-state index contributed by atoms with van der Waals surface area (Å²) in [7, 11) is 0. The zero-order valence-electron chi connectivity index (χ0n) is 8.30. The van der Waals surface area contributed by atoms with Crippen molar-refractivity contribution in [2.75, 3.05) is 26.3 Å². The third kappa shape index (κ3) is 4.36. The lowest BCUT2D eigenvalue weighted by Crippen LogP contribution is -2.36. The summed E-state index contributed by atoms with van der Waals surface area (Å²) in [5.74, 6) is -3.36. The van der Waals surface area contributed by atoms with Gasteiger partial charge in [0.05, 0.1) is 0 Å². The highest BCUT2D eigenvalue weighted by Crippen LogP contribution is 2.12. The Hall–Kier alpha value is -0.910. The molecule has 0 aromatic rings. The van der Waals surface area contributed by atoms with E-state index in [1.165, 1.54) is 4.90 Å². The molecule has 14 heavy (non-hydrogen) atoms. The number of alkyl halides is 2. The van der Waals surface area contributed by atoms with Gasteiger partial charge in [0.1, 0.15) is 6.61 Å². The Morgan fingerprint density at radius 3 is 2.29 bits per heavy atom. The molecule has 0 aromatic carbocycles. The van der Waals surface area contributed by atoms with E-state index in [2.05, 4.69) is 4.74 Å². The highest BCUT2D eigenvalue weighted by Gasteiger charge is 2.30. The summed E-state index contributed by atoms with van der Waals surface area (Å²) < 4.78 is 29.2. The number of amides is 1. The Labute approximate surface area is 81.5 Å². The Bertz CT molecular complexity index is 183. The molecule has 6 heteroatoms. The Kier molecular flexibility index (Phi) is 5.37. The number of rotatable bonds is 5. The number of aliphatic hydroxyl groups excluding tert-OH is 1. The number of aliphatic hydroxyl groups is 1. The number of hydrogen-bond acceptors (Lipinski definition) is 3. The molecular weight excluding hydrogens is 196 g/mol. The van der Waals surface area contributed by atoms with Gasteiger partial charge in [-0.25, -0.2) is 13.6 Å². The summed E-state index contributed by atoms with van der Waals surface area (Å²) in [6.07, 6.45) is -0.789. The highest BCUT2D eigenvalue weighted by molar-refractivity contribution is 5.67. The molecule has 0 aromatic heterocycles. The second-order valence-electron chi connectivity index (χ2n) is 2.74. The minimum absolute atomic E-state index is 0.403. The van der Waals surface area contributed by atoms with Crippen LogP contribution in [0.5, 0.6) is 0 Å². The molecule has 0 spiro atoms. The van der Waals surface area contributed by atoms with Gasteiger partial charge >= 0.3 is 12.0 Å². The first-order valence-corrected chi connectivity index (χ1v) is 4.37. The van der Waals surface area contributed by atoms with Crippen LogP contribution in [0.1, 0.15) is 13.8 Å². The molecule has 0 aliphatic carbocycles. The van der Waals surface area contributed by atoms with Crippen LogP contribution in [0.2, 0.25) is 0 Å². The van der Waals surface area contributed by atoms with Gasteiger partial charge < -0.3 is 14.7 Å². The summed E-state index contributed by atoms with van der Waals surface area (Å²) >= 11 is 0. The largest absolute Gasteiger partial charge is 0.443 e. The minimum atomic E-state index is -3.36. The molecule has 0 unspecified atom stereocenters. The first-order chi connectivity index (χ1) is 6.46. The van der Waals surface area contributed by atoms with Gasteiger partial charge in [-0.2, -0.15) is 0 Å². The van der Waals surface area contributed by atoms with Crippen LogP contribution in [0, 0.1) is 0 Å². The summed E-state index contributed by atoms with van der Waals surface area (Å²) in [6, 6.07) is 0. The lowest BCUT2D eigenvalue weighted by Gasteiger charge is -2.20. The number of carbonyl (C=O) groups excluding carboxylic acids is 1. The smallest absolute Gasteiger partial charge is 0.409 e. The van der Waals surface area contributed by atoms with Crippen molar-refractivity contribution in [3.63, 3.8) is 0 Å². The van der Waals surface area contributed by atoms with Crippen molar-refractivity contribution in [1.29, 1.82) is 0 Å². The third-order valence-corrected chi connectivity index (χ3v) is 1.66. The average Bonchev–Trinajstić information content (AvgIpc) is 2.17. The molecular formula is C8H15F2NO3. The molecule has 4 nitrogen and oxygen atoms in total. The number of halogens is 2. The fourth-order valence-corrected chi connectivity index (χ4v) is 0.786. The molecule has 0 atom stereocenters. The van der Waals surface area contributed by atoms with Gasteiger partial charge in [-0.1, -0.05) is 0 Å². The van der Waals surface area contributed by atoms with Crippen LogP contribution >= 0.6 is 0 Å². The van der Waals surface area contributed by atoms with E-state index in [0.717, 1.165) is 0 Å². The zero-order valence-corrected chi connectivity index (χ0v) is 8.30. The zero-order chi connectivity index (χ0) is 11.2. The first-order valence-electron chi connectivity index (χ1n) is 4.37. The first kappa shape index (κ1) is 13.1. The van der Waals surface area contributed by atoms with Gasteiger partial charge in [0.25, 0.3) is 0 Å². The van der Waals surface area contributed by atoms with Gasteiger partial charge in [-0.15, -0.1) is 0 Å². The van der Waals surface area contributed by atoms with Crippen molar-refractivity contribution in [2.24, 2.45) is 0 Å². The molecule has 0 saturated heterocycles. The summed E-state index contributed by atoms with van der Waals surface area (Å²) in [4.78, 5) is 12.3. The van der Waals surface area contributed by atoms with E-state index in [1.54, 1.807) is 13.8 Å². The van der Waals surface area contributed by atoms with Crippen molar-refractivity contribution >= 4 is 6.09 Å². The lowest BCUT2D eigenvalue weighted by atomic mass is 10.4. The Morgan fingerprint density at radius 2 is 1.93 bits per heavy atom. The molecule has 0 aliphatic heterocycles. The van der Waals surface area contributed by atoms with Crippen LogP contribution in [-0.4, -0.2) is 48.3 Å². The van der Waals surface area contributed by atoms with Crippen LogP contribution in [0.25, 0.3) is 0 Å². The lowest BCUT2D eigenvalue weighted by molar-refractivity contribution is -0.0930. The van der Waals surface area contributed by atoms with Crippen LogP contribution in [0.3, 0.4) is 0 Å². The second kappa shape index (κ2) is 5.74. The number of nitrogens with zero attached hydrogens (tertiary/aromatic N) is 1. The van der Waals surface area contributed by atoms with Crippen molar-refractivity contribution in [1.82, 2.24) is 4.90 Å². The van der Waals surface area contributed by atoms with Gasteiger partial charge in [0.2, 0.25) is 0 Å². The van der Waals surface area contributed by atoms with E-state index in [1.807, 2.05) is 0 Å². The van der Waals surface area contributed by atoms with Gasteiger partial charge in [-0.05, 0) is 13.8 Å². The second-order valence-corrected chi connectivity index (χ2v) is 2.74. The van der Waals surface area contributed by atoms with E-state index in [4.69, 9.17) is 5.11 Å². The molecule has 0 radical (unpaired) electrons. The third-order valence-electron chi connectivity index (χ3n) is 1.66. The highest BCUT2D eigenvalue weighted by atomic mass is 19.3. The van der Waals surface area contributed by atoms with Gasteiger partial charge in [0, 0.05) is 13.1 Å². The topological polar surface area (TPSA) is 49.8 Å². The molecule has 0 heterocycles. The standard InChI is InChI=1S/C8H15F2NO3/c1-3-11(4-2)7(13)14-6-8(9,10)5-12/h12H,3-6H2,1-2H3. The van der Waals surface area contributed by atoms with Crippen molar-refractivity contribution in [3.05, 3.63) is 0 Å². The predicted molar refractivity (Wildman–Crippen MR) is 46.3 cm³/mol. The maximum absolute atomic E-state index is 12.4. The fraction of sp³-hybridized carbons (Fsp3) is 0.875. The Balaban J connectivity index is 3.95. The summed E-state index contributed by atoms with van der Waals surface area (Å²) in [6.45, 7) is 1.83.